The molecule has 0 radical (unpaired) electrons. The van der Waals surface area contributed by atoms with Crippen molar-refractivity contribution in [2.24, 2.45) is 0 Å². The van der Waals surface area contributed by atoms with E-state index < -0.39 is 5.91 Å². The maximum atomic E-state index is 13.1. The molecule has 0 atom stereocenters. The normalized spacial score (nSPS) is 13.0. The number of aryl methyl sites for hydroxylation is 2. The van der Waals surface area contributed by atoms with Gasteiger partial charge >= 0.3 is 0 Å². The highest BCUT2D eigenvalue weighted by Crippen LogP contribution is 2.33. The molecule has 33 heavy (non-hydrogen) atoms. The first-order valence-corrected chi connectivity index (χ1v) is 11.5. The molecule has 5 rings (SSSR count). The Morgan fingerprint density at radius 3 is 2.58 bits per heavy atom. The first-order chi connectivity index (χ1) is 15.9. The number of aromatic nitrogens is 1. The summed E-state index contributed by atoms with van der Waals surface area (Å²) in [5.74, 6) is -1.18. The molecule has 0 aliphatic carbocycles. The van der Waals surface area contributed by atoms with Crippen LogP contribution in [0.4, 0.5) is 10.8 Å². The number of benzene rings is 3. The third-order valence-corrected chi connectivity index (χ3v) is 6.98. The molecule has 0 spiro atoms. The second-order valence-electron chi connectivity index (χ2n) is 8.05. The van der Waals surface area contributed by atoms with Crippen LogP contribution in [0, 0.1) is 13.8 Å². The number of imide groups is 1. The number of carbonyl (C=O) groups excluding carboxylic acids is 3. The maximum Gasteiger partial charge on any atom is 0.266 e. The van der Waals surface area contributed by atoms with Crippen LogP contribution in [-0.4, -0.2) is 22.7 Å². The number of thiazole rings is 1. The molecule has 3 aromatic carbocycles. The van der Waals surface area contributed by atoms with Crippen molar-refractivity contribution in [2.75, 3.05) is 10.2 Å². The molecule has 0 saturated carbocycles. The Labute approximate surface area is 194 Å². The fraction of sp³-hybridized carbons (Fsp3) is 0.154. The van der Waals surface area contributed by atoms with Gasteiger partial charge in [-0.1, -0.05) is 36.5 Å². The highest BCUT2D eigenvalue weighted by Gasteiger charge is 2.38. The van der Waals surface area contributed by atoms with Gasteiger partial charge in [-0.25, -0.2) is 9.88 Å². The molecule has 4 aromatic rings. The van der Waals surface area contributed by atoms with E-state index in [0.29, 0.717) is 21.9 Å². The van der Waals surface area contributed by atoms with Gasteiger partial charge in [-0.05, 0) is 73.4 Å². The molecule has 164 valence electrons. The van der Waals surface area contributed by atoms with Crippen LogP contribution in [0.1, 0.15) is 54.7 Å². The Balaban J connectivity index is 1.43. The van der Waals surface area contributed by atoms with Crippen molar-refractivity contribution in [3.05, 3.63) is 88.0 Å². The lowest BCUT2D eigenvalue weighted by atomic mass is 10.1. The summed E-state index contributed by atoms with van der Waals surface area (Å²) in [6.45, 7) is 5.91. The van der Waals surface area contributed by atoms with Crippen LogP contribution in [0.15, 0.2) is 54.6 Å². The molecule has 0 unspecified atom stereocenters. The number of nitrogens with one attached hydrogen (secondary N) is 1. The van der Waals surface area contributed by atoms with E-state index >= 15 is 0 Å². The number of rotatable bonds is 4. The second-order valence-corrected chi connectivity index (χ2v) is 9.08. The molecule has 2 heterocycles. The van der Waals surface area contributed by atoms with Gasteiger partial charge in [-0.3, -0.25) is 19.7 Å². The Morgan fingerprint density at radius 1 is 1.00 bits per heavy atom. The minimum absolute atomic E-state index is 0.227. The van der Waals surface area contributed by atoms with Gasteiger partial charge < -0.3 is 0 Å². The Hall–Kier alpha value is -3.84. The van der Waals surface area contributed by atoms with Crippen LogP contribution in [-0.2, 0) is 6.42 Å². The van der Waals surface area contributed by atoms with Crippen LogP contribution < -0.4 is 10.2 Å². The second kappa shape index (κ2) is 7.94. The van der Waals surface area contributed by atoms with Crippen molar-refractivity contribution >= 4 is 50.1 Å². The van der Waals surface area contributed by atoms with E-state index in [-0.39, 0.29) is 17.4 Å². The van der Waals surface area contributed by atoms with Crippen LogP contribution in [0.2, 0.25) is 0 Å². The minimum Gasteiger partial charge on any atom is -0.298 e. The predicted octanol–water partition coefficient (Wildman–Crippen LogP) is 5.53. The summed E-state index contributed by atoms with van der Waals surface area (Å²) in [6.07, 6.45) is 0.927. The number of carbonyl (C=O) groups is 3. The SMILES string of the molecule is CCc1ccc2nc(NC(=O)c3ccc4c(c3)C(=O)N(c3cccc(C)c3C)C4=O)sc2c1. The predicted molar refractivity (Wildman–Crippen MR) is 130 cm³/mol. The van der Waals surface area contributed by atoms with Gasteiger partial charge in [0.05, 0.1) is 27.0 Å². The van der Waals surface area contributed by atoms with Crippen LogP contribution in [0.5, 0.6) is 0 Å². The fourth-order valence-electron chi connectivity index (χ4n) is 3.99. The van der Waals surface area contributed by atoms with E-state index in [9.17, 15) is 14.4 Å². The zero-order chi connectivity index (χ0) is 23.3. The minimum atomic E-state index is -0.426. The first kappa shape index (κ1) is 21.0. The standard InChI is InChI=1S/C26H21N3O3S/c1-4-16-8-11-20-22(12-16)33-26(27-20)28-23(30)17-9-10-18-19(13-17)25(32)29(24(18)31)21-7-5-6-14(2)15(21)3/h5-13H,4H2,1-3H3,(H,27,28,30). The molecule has 1 aromatic heterocycles. The van der Waals surface area contributed by atoms with Gasteiger partial charge in [0.15, 0.2) is 5.13 Å². The van der Waals surface area contributed by atoms with E-state index in [1.807, 2.05) is 38.1 Å². The van der Waals surface area contributed by atoms with Crippen LogP contribution in [0.3, 0.4) is 0 Å². The van der Waals surface area contributed by atoms with Crippen molar-refractivity contribution in [3.8, 4) is 0 Å². The summed E-state index contributed by atoms with van der Waals surface area (Å²) in [5, 5.41) is 3.31. The lowest BCUT2D eigenvalue weighted by molar-refractivity contribution is 0.0925. The topological polar surface area (TPSA) is 79.4 Å². The molecule has 0 bridgehead atoms. The van der Waals surface area contributed by atoms with Crippen molar-refractivity contribution in [1.29, 1.82) is 0 Å². The molecule has 0 saturated heterocycles. The van der Waals surface area contributed by atoms with Crippen molar-refractivity contribution in [3.63, 3.8) is 0 Å². The summed E-state index contributed by atoms with van der Waals surface area (Å²) in [6, 6.07) is 16.2. The smallest absolute Gasteiger partial charge is 0.266 e. The van der Waals surface area contributed by atoms with E-state index in [4.69, 9.17) is 0 Å². The van der Waals surface area contributed by atoms with Gasteiger partial charge in [0.2, 0.25) is 0 Å². The van der Waals surface area contributed by atoms with Gasteiger partial charge in [0.1, 0.15) is 0 Å². The molecular weight excluding hydrogens is 434 g/mol. The first-order valence-electron chi connectivity index (χ1n) is 10.7. The van der Waals surface area contributed by atoms with E-state index in [0.717, 1.165) is 27.8 Å². The number of nitrogens with zero attached hydrogens (tertiary/aromatic N) is 2. The number of anilines is 2. The zero-order valence-electron chi connectivity index (χ0n) is 18.4. The molecule has 3 amide bonds. The number of amides is 3. The Kier molecular flexibility index (Phi) is 5.06. The van der Waals surface area contributed by atoms with E-state index in [2.05, 4.69) is 23.3 Å². The lowest BCUT2D eigenvalue weighted by Gasteiger charge is -2.17. The van der Waals surface area contributed by atoms with E-state index in [1.54, 1.807) is 18.2 Å². The number of hydrogen-bond donors (Lipinski definition) is 1. The van der Waals surface area contributed by atoms with Crippen molar-refractivity contribution < 1.29 is 14.4 Å². The zero-order valence-corrected chi connectivity index (χ0v) is 19.2. The van der Waals surface area contributed by atoms with Gasteiger partial charge in [-0.2, -0.15) is 0 Å². The average Bonchev–Trinajstić information content (AvgIpc) is 3.32. The summed E-state index contributed by atoms with van der Waals surface area (Å²) in [7, 11) is 0. The summed E-state index contributed by atoms with van der Waals surface area (Å²) in [4.78, 5) is 44.7. The van der Waals surface area contributed by atoms with Gasteiger partial charge in [0, 0.05) is 5.56 Å². The van der Waals surface area contributed by atoms with E-state index in [1.165, 1.54) is 27.9 Å². The number of fused-ring (bicyclic) bond motifs is 2. The molecule has 0 fully saturated rings. The Morgan fingerprint density at radius 2 is 1.79 bits per heavy atom. The monoisotopic (exact) mass is 455 g/mol. The van der Waals surface area contributed by atoms with Crippen LogP contribution >= 0.6 is 11.3 Å². The lowest BCUT2D eigenvalue weighted by Crippen LogP contribution is -2.30. The highest BCUT2D eigenvalue weighted by atomic mass is 32.1. The quantitative estimate of drug-likeness (QED) is 0.411. The summed E-state index contributed by atoms with van der Waals surface area (Å²) in [5.41, 5.74) is 5.28. The maximum absolute atomic E-state index is 13.1. The molecule has 6 nitrogen and oxygen atoms in total. The van der Waals surface area contributed by atoms with Gasteiger partial charge in [0.25, 0.3) is 17.7 Å². The molecular formula is C26H21N3O3S. The Bertz CT molecular complexity index is 1470. The fourth-order valence-corrected chi connectivity index (χ4v) is 4.91. The third-order valence-electron chi connectivity index (χ3n) is 6.05. The van der Waals surface area contributed by atoms with Crippen molar-refractivity contribution in [1.82, 2.24) is 4.98 Å². The highest BCUT2D eigenvalue weighted by molar-refractivity contribution is 7.22. The molecule has 1 aliphatic heterocycles. The van der Waals surface area contributed by atoms with Crippen molar-refractivity contribution in [2.45, 2.75) is 27.2 Å². The molecule has 1 N–H and O–H groups in total. The third kappa shape index (κ3) is 3.50. The molecule has 7 heteroatoms. The average molecular weight is 456 g/mol. The van der Waals surface area contributed by atoms with Crippen LogP contribution in [0.25, 0.3) is 10.2 Å². The largest absolute Gasteiger partial charge is 0.298 e. The summed E-state index contributed by atoms with van der Waals surface area (Å²) < 4.78 is 1.00. The molecule has 1 aliphatic rings. The van der Waals surface area contributed by atoms with Gasteiger partial charge in [-0.15, -0.1) is 0 Å². The summed E-state index contributed by atoms with van der Waals surface area (Å²) >= 11 is 1.40. The number of hydrogen-bond acceptors (Lipinski definition) is 5.